The maximum absolute atomic E-state index is 11.9. The highest BCUT2D eigenvalue weighted by molar-refractivity contribution is 7.20. The van der Waals surface area contributed by atoms with Crippen LogP contribution in [0.4, 0.5) is 5.00 Å². The zero-order chi connectivity index (χ0) is 17.4. The maximum atomic E-state index is 11.9. The van der Waals surface area contributed by atoms with Crippen molar-refractivity contribution >= 4 is 28.2 Å². The summed E-state index contributed by atoms with van der Waals surface area (Å²) < 4.78 is 10.9. The van der Waals surface area contributed by atoms with Crippen LogP contribution in [0.1, 0.15) is 28.4 Å². The van der Waals surface area contributed by atoms with Gasteiger partial charge < -0.3 is 20.5 Å². The van der Waals surface area contributed by atoms with Gasteiger partial charge in [0, 0.05) is 17.4 Å². The predicted molar refractivity (Wildman–Crippen MR) is 93.1 cm³/mol. The van der Waals surface area contributed by atoms with Crippen LogP contribution in [-0.4, -0.2) is 26.0 Å². The summed E-state index contributed by atoms with van der Waals surface area (Å²) in [5, 5.41) is 3.22. The van der Waals surface area contributed by atoms with Crippen molar-refractivity contribution in [2.24, 2.45) is 5.73 Å². The normalized spacial score (nSPS) is 12.1. The number of ether oxygens (including phenoxy) is 2. The molecule has 1 aromatic heterocycles. The summed E-state index contributed by atoms with van der Waals surface area (Å²) >= 11 is 1.36. The van der Waals surface area contributed by atoms with Crippen molar-refractivity contribution in [3.63, 3.8) is 0 Å². The molecule has 0 fully saturated rings. The molecule has 0 saturated carbocycles. The van der Waals surface area contributed by atoms with Gasteiger partial charge in [0.25, 0.3) is 5.91 Å². The fourth-order valence-corrected chi connectivity index (χ4v) is 4.48. The van der Waals surface area contributed by atoms with Gasteiger partial charge in [-0.15, -0.1) is 11.3 Å². The molecule has 6 nitrogen and oxygen atoms in total. The molecular formula is C17H18N2O4S. The lowest BCUT2D eigenvalue weighted by atomic mass is 9.88. The van der Waals surface area contributed by atoms with E-state index in [1.54, 1.807) is 14.2 Å². The highest BCUT2D eigenvalue weighted by Gasteiger charge is 2.30. The highest BCUT2D eigenvalue weighted by atomic mass is 32.1. The Labute approximate surface area is 143 Å². The zero-order valence-electron chi connectivity index (χ0n) is 13.7. The number of carbonyl (C=O) groups excluding carboxylic acids is 2. The number of primary amides is 1. The van der Waals surface area contributed by atoms with E-state index in [0.29, 0.717) is 34.9 Å². The first-order valence-corrected chi connectivity index (χ1v) is 8.26. The number of nitrogens with two attached hydrogens (primary N) is 1. The Kier molecular flexibility index (Phi) is 4.19. The molecule has 2 aromatic rings. The van der Waals surface area contributed by atoms with E-state index in [2.05, 4.69) is 5.32 Å². The number of methoxy groups -OCH3 is 2. The Balaban J connectivity index is 2.22. The SMILES string of the molecule is COc1ccc2c(c1OC)CCc1c-2sc(NC(C)=O)c1C(N)=O. The van der Waals surface area contributed by atoms with Crippen molar-refractivity contribution in [2.45, 2.75) is 19.8 Å². The summed E-state index contributed by atoms with van der Waals surface area (Å²) in [7, 11) is 3.21. The van der Waals surface area contributed by atoms with Crippen LogP contribution < -0.4 is 20.5 Å². The molecule has 0 spiro atoms. The molecule has 3 rings (SSSR count). The standard InChI is InChI=1S/C17H18N2O4S/c1-8(20)19-17-13(16(18)21)11-5-4-9-10(15(11)24-17)6-7-12(22-2)14(9)23-3/h6-7H,4-5H2,1-3H3,(H2,18,21)(H,19,20). The summed E-state index contributed by atoms with van der Waals surface area (Å²) in [6, 6.07) is 3.79. The van der Waals surface area contributed by atoms with Gasteiger partial charge in [-0.05, 0) is 36.1 Å². The average molecular weight is 346 g/mol. The van der Waals surface area contributed by atoms with Gasteiger partial charge in [0.05, 0.1) is 19.8 Å². The molecular weight excluding hydrogens is 328 g/mol. The molecule has 1 aliphatic rings. The number of nitrogens with one attached hydrogen (secondary N) is 1. The summed E-state index contributed by atoms with van der Waals surface area (Å²) in [4.78, 5) is 24.3. The second kappa shape index (κ2) is 6.16. The Morgan fingerprint density at radius 1 is 1.17 bits per heavy atom. The van der Waals surface area contributed by atoms with Crippen molar-refractivity contribution in [3.8, 4) is 21.9 Å². The number of hydrogen-bond acceptors (Lipinski definition) is 5. The van der Waals surface area contributed by atoms with Crippen LogP contribution >= 0.6 is 11.3 Å². The molecule has 0 atom stereocenters. The van der Waals surface area contributed by atoms with Gasteiger partial charge in [0.15, 0.2) is 11.5 Å². The van der Waals surface area contributed by atoms with E-state index in [4.69, 9.17) is 15.2 Å². The summed E-state index contributed by atoms with van der Waals surface area (Å²) in [6.07, 6.45) is 1.36. The maximum Gasteiger partial charge on any atom is 0.252 e. The molecule has 0 radical (unpaired) electrons. The van der Waals surface area contributed by atoms with Crippen molar-refractivity contribution < 1.29 is 19.1 Å². The number of carbonyl (C=O) groups is 2. The quantitative estimate of drug-likeness (QED) is 0.890. The van der Waals surface area contributed by atoms with Gasteiger partial charge in [-0.3, -0.25) is 9.59 Å². The minimum absolute atomic E-state index is 0.233. The van der Waals surface area contributed by atoms with Crippen LogP contribution in [0.25, 0.3) is 10.4 Å². The Bertz CT molecular complexity index is 842. The number of amides is 2. The molecule has 1 heterocycles. The first kappa shape index (κ1) is 16.3. The molecule has 126 valence electrons. The molecule has 1 aromatic carbocycles. The van der Waals surface area contributed by atoms with Gasteiger partial charge in [0.1, 0.15) is 5.00 Å². The van der Waals surface area contributed by atoms with E-state index in [1.165, 1.54) is 18.3 Å². The Morgan fingerprint density at radius 2 is 1.88 bits per heavy atom. The summed E-state index contributed by atoms with van der Waals surface area (Å²) in [5.74, 6) is 0.619. The third kappa shape index (κ3) is 2.50. The molecule has 2 amide bonds. The molecule has 24 heavy (non-hydrogen) atoms. The average Bonchev–Trinajstić information content (AvgIpc) is 2.90. The van der Waals surface area contributed by atoms with Crippen molar-refractivity contribution in [3.05, 3.63) is 28.8 Å². The summed E-state index contributed by atoms with van der Waals surface area (Å²) in [6.45, 7) is 1.41. The van der Waals surface area contributed by atoms with Crippen LogP contribution in [0, 0.1) is 0 Å². The van der Waals surface area contributed by atoms with Crippen molar-refractivity contribution in [1.82, 2.24) is 0 Å². The van der Waals surface area contributed by atoms with Gasteiger partial charge in [-0.25, -0.2) is 0 Å². The van der Waals surface area contributed by atoms with Crippen molar-refractivity contribution in [2.75, 3.05) is 19.5 Å². The number of thiophene rings is 1. The molecule has 0 aliphatic heterocycles. The molecule has 7 heteroatoms. The number of fused-ring (bicyclic) bond motifs is 3. The van der Waals surface area contributed by atoms with Crippen LogP contribution in [-0.2, 0) is 17.6 Å². The number of benzene rings is 1. The first-order chi connectivity index (χ1) is 11.5. The van der Waals surface area contributed by atoms with E-state index in [-0.39, 0.29) is 5.91 Å². The lowest BCUT2D eigenvalue weighted by Crippen LogP contribution is -2.17. The third-order valence-electron chi connectivity index (χ3n) is 4.06. The van der Waals surface area contributed by atoms with Gasteiger partial charge in [-0.1, -0.05) is 0 Å². The number of anilines is 1. The predicted octanol–water partition coefficient (Wildman–Crippen LogP) is 2.59. The second-order valence-corrected chi connectivity index (χ2v) is 6.51. The monoisotopic (exact) mass is 346 g/mol. The fourth-order valence-electron chi connectivity index (χ4n) is 3.13. The fraction of sp³-hybridized carbons (Fsp3) is 0.294. The van der Waals surface area contributed by atoms with Gasteiger partial charge in [-0.2, -0.15) is 0 Å². The molecule has 0 saturated heterocycles. The highest BCUT2D eigenvalue weighted by Crippen LogP contribution is 2.49. The summed E-state index contributed by atoms with van der Waals surface area (Å²) in [5.41, 5.74) is 8.87. The van der Waals surface area contributed by atoms with Gasteiger partial charge in [0.2, 0.25) is 5.91 Å². The first-order valence-electron chi connectivity index (χ1n) is 7.45. The smallest absolute Gasteiger partial charge is 0.252 e. The van der Waals surface area contributed by atoms with Crippen LogP contribution in [0.3, 0.4) is 0 Å². The van der Waals surface area contributed by atoms with Crippen LogP contribution in [0.5, 0.6) is 11.5 Å². The number of hydrogen-bond donors (Lipinski definition) is 2. The van der Waals surface area contributed by atoms with Crippen LogP contribution in [0.15, 0.2) is 12.1 Å². The van der Waals surface area contributed by atoms with E-state index in [9.17, 15) is 9.59 Å². The minimum Gasteiger partial charge on any atom is -0.493 e. The molecule has 0 bridgehead atoms. The molecule has 0 unspecified atom stereocenters. The number of rotatable bonds is 4. The lowest BCUT2D eigenvalue weighted by Gasteiger charge is -2.21. The Hall–Kier alpha value is -2.54. The van der Waals surface area contributed by atoms with E-state index in [0.717, 1.165) is 21.6 Å². The largest absolute Gasteiger partial charge is 0.493 e. The third-order valence-corrected chi connectivity index (χ3v) is 5.24. The molecule has 3 N–H and O–H groups in total. The van der Waals surface area contributed by atoms with Gasteiger partial charge >= 0.3 is 0 Å². The topological polar surface area (TPSA) is 90.7 Å². The van der Waals surface area contributed by atoms with Crippen molar-refractivity contribution in [1.29, 1.82) is 0 Å². The molecule has 1 aliphatic carbocycles. The van der Waals surface area contributed by atoms with E-state index >= 15 is 0 Å². The second-order valence-electron chi connectivity index (χ2n) is 5.49. The minimum atomic E-state index is -0.528. The lowest BCUT2D eigenvalue weighted by molar-refractivity contribution is -0.114. The zero-order valence-corrected chi connectivity index (χ0v) is 14.5. The van der Waals surface area contributed by atoms with E-state index in [1.807, 2.05) is 12.1 Å². The Morgan fingerprint density at radius 3 is 2.46 bits per heavy atom. The van der Waals surface area contributed by atoms with Crippen LogP contribution in [0.2, 0.25) is 0 Å². The van der Waals surface area contributed by atoms with E-state index < -0.39 is 5.91 Å².